The normalized spacial score (nSPS) is 19.9. The summed E-state index contributed by atoms with van der Waals surface area (Å²) in [6.45, 7) is 7.07. The maximum absolute atomic E-state index is 12.0. The van der Waals surface area contributed by atoms with Gasteiger partial charge in [-0.15, -0.1) is 6.58 Å². The molecule has 19 heavy (non-hydrogen) atoms. The average Bonchev–Trinajstić information content (AvgIpc) is 2.46. The SMILES string of the molecule is C=CCNC(=O)C1CCCN(Cc2ccccc2)C1. The number of nitrogens with zero attached hydrogens (tertiary/aromatic N) is 1. The number of rotatable bonds is 5. The standard InChI is InChI=1S/C16H22N2O/c1-2-10-17-16(19)15-9-6-11-18(13-15)12-14-7-4-3-5-8-14/h2-5,7-8,15H,1,6,9-13H2,(H,17,19). The summed E-state index contributed by atoms with van der Waals surface area (Å²) in [6.07, 6.45) is 3.82. The van der Waals surface area contributed by atoms with Gasteiger partial charge in [-0.2, -0.15) is 0 Å². The monoisotopic (exact) mass is 258 g/mol. The summed E-state index contributed by atoms with van der Waals surface area (Å²) in [7, 11) is 0. The molecule has 0 spiro atoms. The Hall–Kier alpha value is -1.61. The van der Waals surface area contributed by atoms with Crippen molar-refractivity contribution in [2.45, 2.75) is 19.4 Å². The van der Waals surface area contributed by atoms with Gasteiger partial charge < -0.3 is 5.32 Å². The molecule has 1 saturated heterocycles. The van der Waals surface area contributed by atoms with Crippen LogP contribution in [0.4, 0.5) is 0 Å². The van der Waals surface area contributed by atoms with Gasteiger partial charge in [-0.3, -0.25) is 9.69 Å². The van der Waals surface area contributed by atoms with Gasteiger partial charge in [0.15, 0.2) is 0 Å². The number of likely N-dealkylation sites (tertiary alicyclic amines) is 1. The van der Waals surface area contributed by atoms with E-state index < -0.39 is 0 Å². The van der Waals surface area contributed by atoms with Gasteiger partial charge in [-0.1, -0.05) is 36.4 Å². The Bertz CT molecular complexity index is 416. The van der Waals surface area contributed by atoms with Crippen LogP contribution in [0.3, 0.4) is 0 Å². The smallest absolute Gasteiger partial charge is 0.224 e. The van der Waals surface area contributed by atoms with E-state index in [-0.39, 0.29) is 11.8 Å². The maximum atomic E-state index is 12.0. The minimum Gasteiger partial charge on any atom is -0.352 e. The molecule has 0 radical (unpaired) electrons. The van der Waals surface area contributed by atoms with Crippen LogP contribution in [0.25, 0.3) is 0 Å². The van der Waals surface area contributed by atoms with E-state index in [9.17, 15) is 4.79 Å². The average molecular weight is 258 g/mol. The van der Waals surface area contributed by atoms with E-state index in [2.05, 4.69) is 41.1 Å². The first-order chi connectivity index (χ1) is 9.29. The summed E-state index contributed by atoms with van der Waals surface area (Å²) in [5, 5.41) is 2.90. The molecule has 1 N–H and O–H groups in total. The first-order valence-corrected chi connectivity index (χ1v) is 6.94. The fourth-order valence-corrected chi connectivity index (χ4v) is 2.57. The quantitative estimate of drug-likeness (QED) is 0.821. The summed E-state index contributed by atoms with van der Waals surface area (Å²) in [5.74, 6) is 0.287. The highest BCUT2D eigenvalue weighted by Gasteiger charge is 2.25. The minimum absolute atomic E-state index is 0.123. The second kappa shape index (κ2) is 7.10. The van der Waals surface area contributed by atoms with Crippen LogP contribution >= 0.6 is 0 Å². The number of amides is 1. The van der Waals surface area contributed by atoms with E-state index in [1.807, 2.05) is 6.07 Å². The molecule has 3 nitrogen and oxygen atoms in total. The minimum atomic E-state index is 0.123. The number of carbonyl (C=O) groups excluding carboxylic acids is 1. The van der Waals surface area contributed by atoms with E-state index in [0.717, 1.165) is 32.5 Å². The van der Waals surface area contributed by atoms with Crippen LogP contribution in [-0.2, 0) is 11.3 Å². The number of hydrogen-bond donors (Lipinski definition) is 1. The third-order valence-electron chi connectivity index (χ3n) is 3.55. The van der Waals surface area contributed by atoms with Crippen molar-refractivity contribution in [2.75, 3.05) is 19.6 Å². The Morgan fingerprint density at radius 1 is 1.42 bits per heavy atom. The van der Waals surface area contributed by atoms with Gasteiger partial charge >= 0.3 is 0 Å². The molecule has 102 valence electrons. The molecule has 0 bridgehead atoms. The molecule has 1 aromatic rings. The Morgan fingerprint density at radius 2 is 2.21 bits per heavy atom. The molecule has 0 aliphatic carbocycles. The lowest BCUT2D eigenvalue weighted by molar-refractivity contribution is -0.126. The van der Waals surface area contributed by atoms with Crippen LogP contribution in [0.5, 0.6) is 0 Å². The third kappa shape index (κ3) is 4.21. The summed E-state index contributed by atoms with van der Waals surface area (Å²) >= 11 is 0. The Balaban J connectivity index is 1.86. The molecule has 1 fully saturated rings. The molecule has 1 aromatic carbocycles. The number of hydrogen-bond acceptors (Lipinski definition) is 2. The van der Waals surface area contributed by atoms with Crippen molar-refractivity contribution < 1.29 is 4.79 Å². The van der Waals surface area contributed by atoms with Crippen LogP contribution in [-0.4, -0.2) is 30.4 Å². The molecule has 1 amide bonds. The first kappa shape index (κ1) is 13.8. The van der Waals surface area contributed by atoms with Crippen LogP contribution < -0.4 is 5.32 Å². The van der Waals surface area contributed by atoms with Crippen LogP contribution in [0.15, 0.2) is 43.0 Å². The van der Waals surface area contributed by atoms with Crippen LogP contribution in [0, 0.1) is 5.92 Å². The zero-order valence-corrected chi connectivity index (χ0v) is 11.3. The molecule has 1 aliphatic heterocycles. The van der Waals surface area contributed by atoms with E-state index in [1.54, 1.807) is 6.08 Å². The summed E-state index contributed by atoms with van der Waals surface area (Å²) in [6, 6.07) is 10.4. The highest BCUT2D eigenvalue weighted by molar-refractivity contribution is 5.79. The predicted molar refractivity (Wildman–Crippen MR) is 77.6 cm³/mol. The summed E-state index contributed by atoms with van der Waals surface area (Å²) in [4.78, 5) is 14.3. The molecule has 3 heteroatoms. The fourth-order valence-electron chi connectivity index (χ4n) is 2.57. The van der Waals surface area contributed by atoms with Gasteiger partial charge in [0.25, 0.3) is 0 Å². The third-order valence-corrected chi connectivity index (χ3v) is 3.55. The Labute approximate surface area is 115 Å². The first-order valence-electron chi connectivity index (χ1n) is 6.94. The molecular formula is C16H22N2O. The highest BCUT2D eigenvalue weighted by atomic mass is 16.1. The number of benzene rings is 1. The molecule has 1 unspecified atom stereocenters. The zero-order valence-electron chi connectivity index (χ0n) is 11.3. The van der Waals surface area contributed by atoms with Crippen molar-refractivity contribution in [3.05, 3.63) is 48.6 Å². The van der Waals surface area contributed by atoms with Gasteiger partial charge in [-0.25, -0.2) is 0 Å². The van der Waals surface area contributed by atoms with Crippen molar-refractivity contribution in [3.63, 3.8) is 0 Å². The van der Waals surface area contributed by atoms with Crippen molar-refractivity contribution in [1.82, 2.24) is 10.2 Å². The molecular weight excluding hydrogens is 236 g/mol. The lowest BCUT2D eigenvalue weighted by atomic mass is 9.96. The lowest BCUT2D eigenvalue weighted by Crippen LogP contribution is -2.42. The topological polar surface area (TPSA) is 32.3 Å². The van der Waals surface area contributed by atoms with E-state index in [0.29, 0.717) is 6.54 Å². The molecule has 2 rings (SSSR count). The fraction of sp³-hybridized carbons (Fsp3) is 0.438. The summed E-state index contributed by atoms with van der Waals surface area (Å²) < 4.78 is 0. The Morgan fingerprint density at radius 3 is 2.95 bits per heavy atom. The number of carbonyl (C=O) groups is 1. The van der Waals surface area contributed by atoms with Gasteiger partial charge in [0.05, 0.1) is 5.92 Å². The highest BCUT2D eigenvalue weighted by Crippen LogP contribution is 2.18. The molecule has 1 atom stereocenters. The van der Waals surface area contributed by atoms with Crippen molar-refractivity contribution >= 4 is 5.91 Å². The summed E-state index contributed by atoms with van der Waals surface area (Å²) in [5.41, 5.74) is 1.31. The number of nitrogens with one attached hydrogen (secondary N) is 1. The second-order valence-electron chi connectivity index (χ2n) is 5.09. The van der Waals surface area contributed by atoms with Crippen LogP contribution in [0.1, 0.15) is 18.4 Å². The van der Waals surface area contributed by atoms with Gasteiger partial charge in [0.1, 0.15) is 0 Å². The van der Waals surface area contributed by atoms with Gasteiger partial charge in [0.2, 0.25) is 5.91 Å². The van der Waals surface area contributed by atoms with Crippen molar-refractivity contribution in [1.29, 1.82) is 0 Å². The Kier molecular flexibility index (Phi) is 5.16. The maximum Gasteiger partial charge on any atom is 0.224 e. The van der Waals surface area contributed by atoms with Crippen LogP contribution in [0.2, 0.25) is 0 Å². The molecule has 0 saturated carbocycles. The van der Waals surface area contributed by atoms with E-state index in [1.165, 1.54) is 5.56 Å². The lowest BCUT2D eigenvalue weighted by Gasteiger charge is -2.31. The predicted octanol–water partition coefficient (Wildman–Crippen LogP) is 2.20. The van der Waals surface area contributed by atoms with Crippen molar-refractivity contribution in [2.24, 2.45) is 5.92 Å². The zero-order chi connectivity index (χ0) is 13.5. The largest absolute Gasteiger partial charge is 0.352 e. The van der Waals surface area contributed by atoms with Gasteiger partial charge in [0, 0.05) is 19.6 Å². The van der Waals surface area contributed by atoms with Gasteiger partial charge in [-0.05, 0) is 24.9 Å². The molecule has 0 aromatic heterocycles. The molecule has 1 heterocycles. The molecule has 1 aliphatic rings. The van der Waals surface area contributed by atoms with E-state index >= 15 is 0 Å². The number of piperidine rings is 1. The van der Waals surface area contributed by atoms with E-state index in [4.69, 9.17) is 0 Å². The second-order valence-corrected chi connectivity index (χ2v) is 5.09. The van der Waals surface area contributed by atoms with Crippen molar-refractivity contribution in [3.8, 4) is 0 Å².